The summed E-state index contributed by atoms with van der Waals surface area (Å²) in [5.41, 5.74) is 2.76. The lowest BCUT2D eigenvalue weighted by Crippen LogP contribution is -2.30. The maximum absolute atomic E-state index is 13.4. The number of carbonyl (C=O) groups excluding carboxylic acids is 3. The summed E-state index contributed by atoms with van der Waals surface area (Å²) < 4.78 is 7.06. The first-order valence-corrected chi connectivity index (χ1v) is 13.8. The molecule has 1 aliphatic rings. The first-order valence-electron chi connectivity index (χ1n) is 13.4. The highest BCUT2D eigenvalue weighted by molar-refractivity contribution is 6.30. The summed E-state index contributed by atoms with van der Waals surface area (Å²) in [6, 6.07) is 12.3. The lowest BCUT2D eigenvalue weighted by Gasteiger charge is -2.10. The number of rotatable bonds is 11. The van der Waals surface area contributed by atoms with Gasteiger partial charge in [-0.1, -0.05) is 24.4 Å². The van der Waals surface area contributed by atoms with Crippen LogP contribution < -0.4 is 15.4 Å². The van der Waals surface area contributed by atoms with E-state index in [9.17, 15) is 14.4 Å². The number of unbranched alkanes of at least 4 members (excludes halogenated alkanes) is 2. The average molecular weight is 538 g/mol. The number of methoxy groups -OCH3 is 1. The highest BCUT2D eigenvalue weighted by atomic mass is 35.5. The minimum atomic E-state index is -0.180. The van der Waals surface area contributed by atoms with Gasteiger partial charge in [0.2, 0.25) is 11.8 Å². The second kappa shape index (κ2) is 13.0. The molecule has 2 amide bonds. The minimum absolute atomic E-state index is 0.0940. The van der Waals surface area contributed by atoms with E-state index in [-0.39, 0.29) is 30.1 Å². The molecule has 2 aromatic carbocycles. The van der Waals surface area contributed by atoms with Crippen LogP contribution in [-0.4, -0.2) is 42.5 Å². The molecule has 1 fully saturated rings. The van der Waals surface area contributed by atoms with Gasteiger partial charge < -0.3 is 15.4 Å². The van der Waals surface area contributed by atoms with Crippen molar-refractivity contribution in [3.63, 3.8) is 0 Å². The Bertz CT molecular complexity index is 1290. The monoisotopic (exact) mass is 537 g/mol. The van der Waals surface area contributed by atoms with Crippen molar-refractivity contribution < 1.29 is 19.1 Å². The maximum atomic E-state index is 13.4. The van der Waals surface area contributed by atoms with Gasteiger partial charge in [-0.3, -0.25) is 19.0 Å². The van der Waals surface area contributed by atoms with Gasteiger partial charge in [0, 0.05) is 40.7 Å². The molecule has 38 heavy (non-hydrogen) atoms. The van der Waals surface area contributed by atoms with E-state index in [1.54, 1.807) is 35.9 Å². The van der Waals surface area contributed by atoms with E-state index in [0.717, 1.165) is 67.1 Å². The van der Waals surface area contributed by atoms with Crippen LogP contribution in [0, 0.1) is 12.8 Å². The summed E-state index contributed by atoms with van der Waals surface area (Å²) in [7, 11) is 1.59. The summed E-state index contributed by atoms with van der Waals surface area (Å²) in [5.74, 6) is 0.779. The number of halogens is 1. The van der Waals surface area contributed by atoms with Gasteiger partial charge in [0.25, 0.3) is 5.91 Å². The van der Waals surface area contributed by atoms with Gasteiger partial charge in [0.05, 0.1) is 19.0 Å². The molecule has 2 N–H and O–H groups in total. The number of hydrogen-bond acceptors (Lipinski definition) is 4. The van der Waals surface area contributed by atoms with E-state index in [2.05, 4.69) is 10.6 Å². The van der Waals surface area contributed by atoms with Crippen LogP contribution in [0.25, 0.3) is 10.9 Å². The predicted molar refractivity (Wildman–Crippen MR) is 150 cm³/mol. The van der Waals surface area contributed by atoms with Crippen molar-refractivity contribution in [2.75, 3.05) is 20.2 Å². The lowest BCUT2D eigenvalue weighted by atomic mass is 10.1. The van der Waals surface area contributed by atoms with E-state index in [0.29, 0.717) is 29.4 Å². The van der Waals surface area contributed by atoms with Crippen molar-refractivity contribution in [2.45, 2.75) is 58.3 Å². The Morgan fingerprint density at radius 1 is 0.974 bits per heavy atom. The first-order chi connectivity index (χ1) is 18.4. The van der Waals surface area contributed by atoms with Gasteiger partial charge in [-0.15, -0.1) is 0 Å². The number of hydrogen-bond donors (Lipinski definition) is 2. The summed E-state index contributed by atoms with van der Waals surface area (Å²) in [5, 5.41) is 7.43. The number of amides is 2. The molecule has 7 nitrogen and oxygen atoms in total. The normalized spacial score (nSPS) is 13.6. The summed E-state index contributed by atoms with van der Waals surface area (Å²) in [6.45, 7) is 3.12. The molecule has 0 bridgehead atoms. The predicted octanol–water partition coefficient (Wildman–Crippen LogP) is 5.44. The largest absolute Gasteiger partial charge is 0.497 e. The molecule has 0 unspecified atom stereocenters. The quantitative estimate of drug-likeness (QED) is 0.319. The van der Waals surface area contributed by atoms with Crippen molar-refractivity contribution in [1.29, 1.82) is 0 Å². The third-order valence-electron chi connectivity index (χ3n) is 7.37. The molecule has 0 spiro atoms. The van der Waals surface area contributed by atoms with Crippen LogP contribution in [0.15, 0.2) is 42.5 Å². The van der Waals surface area contributed by atoms with Gasteiger partial charge >= 0.3 is 0 Å². The number of nitrogens with one attached hydrogen (secondary N) is 2. The molecule has 4 rings (SSSR count). The zero-order valence-electron chi connectivity index (χ0n) is 22.1. The molecule has 1 heterocycles. The van der Waals surface area contributed by atoms with Crippen LogP contribution in [-0.2, 0) is 16.0 Å². The fraction of sp³-hybridized carbons (Fsp3) is 0.433. The smallest absolute Gasteiger partial charge is 0.262 e. The van der Waals surface area contributed by atoms with E-state index >= 15 is 0 Å². The van der Waals surface area contributed by atoms with E-state index in [4.69, 9.17) is 16.3 Å². The maximum Gasteiger partial charge on any atom is 0.262 e. The number of benzene rings is 2. The average Bonchev–Trinajstić information content (AvgIpc) is 3.55. The summed E-state index contributed by atoms with van der Waals surface area (Å²) >= 11 is 6.00. The fourth-order valence-electron chi connectivity index (χ4n) is 5.22. The molecule has 1 aromatic heterocycles. The number of ether oxygens (including phenoxy) is 1. The second-order valence-electron chi connectivity index (χ2n) is 9.95. The van der Waals surface area contributed by atoms with Gasteiger partial charge in [-0.2, -0.15) is 0 Å². The highest BCUT2D eigenvalue weighted by Gasteiger charge is 2.23. The Balaban J connectivity index is 1.35. The van der Waals surface area contributed by atoms with Crippen LogP contribution in [0.4, 0.5) is 0 Å². The summed E-state index contributed by atoms with van der Waals surface area (Å²) in [6.07, 6.45) is 7.16. The third-order valence-corrected chi connectivity index (χ3v) is 7.63. The zero-order valence-corrected chi connectivity index (χ0v) is 22.9. The molecule has 8 heteroatoms. The number of fused-ring (bicyclic) bond motifs is 1. The molecule has 202 valence electrons. The minimum Gasteiger partial charge on any atom is -0.497 e. The number of aromatic nitrogens is 1. The molecule has 0 aliphatic heterocycles. The Morgan fingerprint density at radius 2 is 1.66 bits per heavy atom. The second-order valence-corrected chi connectivity index (χ2v) is 10.4. The van der Waals surface area contributed by atoms with Gasteiger partial charge in [0.15, 0.2) is 0 Å². The van der Waals surface area contributed by atoms with Crippen LogP contribution in [0.1, 0.15) is 66.6 Å². The number of carbonyl (C=O) groups is 3. The highest BCUT2D eigenvalue weighted by Crippen LogP contribution is 2.31. The standard InChI is InChI=1S/C30H36ClN3O4/c1-20-25(19-28(35)32-16-6-3-7-17-33-29(36)21-8-4-5-9-21)26-18-24(38-2)14-15-27(26)34(20)30(37)22-10-12-23(31)13-11-22/h10-15,18,21H,3-9,16-17,19H2,1-2H3,(H,32,35)(H,33,36). The number of nitrogens with zero attached hydrogens (tertiary/aromatic N) is 1. The Hall–Kier alpha value is -3.32. The van der Waals surface area contributed by atoms with Crippen LogP contribution in [0.2, 0.25) is 5.02 Å². The molecule has 1 saturated carbocycles. The summed E-state index contributed by atoms with van der Waals surface area (Å²) in [4.78, 5) is 38.4. The topological polar surface area (TPSA) is 89.4 Å². The van der Waals surface area contributed by atoms with Crippen molar-refractivity contribution in [3.05, 3.63) is 64.3 Å². The fourth-order valence-corrected chi connectivity index (χ4v) is 5.34. The van der Waals surface area contributed by atoms with E-state index in [1.807, 2.05) is 25.1 Å². The third kappa shape index (κ3) is 6.57. The van der Waals surface area contributed by atoms with Crippen molar-refractivity contribution in [1.82, 2.24) is 15.2 Å². The van der Waals surface area contributed by atoms with Crippen LogP contribution in [0.3, 0.4) is 0 Å². The van der Waals surface area contributed by atoms with Gasteiger partial charge in [-0.25, -0.2) is 0 Å². The molecule has 1 aliphatic carbocycles. The van der Waals surface area contributed by atoms with Crippen molar-refractivity contribution in [3.8, 4) is 5.75 Å². The van der Waals surface area contributed by atoms with Crippen molar-refractivity contribution >= 4 is 40.2 Å². The molecular formula is C30H36ClN3O4. The van der Waals surface area contributed by atoms with Gasteiger partial charge in [-0.05, 0) is 87.1 Å². The van der Waals surface area contributed by atoms with Crippen LogP contribution in [0.5, 0.6) is 5.75 Å². The molecule has 0 radical (unpaired) electrons. The lowest BCUT2D eigenvalue weighted by molar-refractivity contribution is -0.124. The van der Waals surface area contributed by atoms with E-state index in [1.165, 1.54) is 0 Å². The zero-order chi connectivity index (χ0) is 27.1. The Kier molecular flexibility index (Phi) is 9.45. The molecular weight excluding hydrogens is 502 g/mol. The molecule has 0 atom stereocenters. The van der Waals surface area contributed by atoms with E-state index < -0.39 is 0 Å². The Labute approximate surface area is 228 Å². The first kappa shape index (κ1) is 27.7. The molecule has 3 aromatic rings. The SMILES string of the molecule is COc1ccc2c(c1)c(CC(=O)NCCCCCNC(=O)C1CCCC1)c(C)n2C(=O)c1ccc(Cl)cc1. The van der Waals surface area contributed by atoms with Crippen LogP contribution >= 0.6 is 11.6 Å². The molecule has 0 saturated heterocycles. The Morgan fingerprint density at radius 3 is 2.34 bits per heavy atom. The van der Waals surface area contributed by atoms with Gasteiger partial charge in [0.1, 0.15) is 5.75 Å². The van der Waals surface area contributed by atoms with Crippen molar-refractivity contribution in [2.24, 2.45) is 5.92 Å².